The largest absolute Gasteiger partial charge is 0.490 e. The van der Waals surface area contributed by atoms with Gasteiger partial charge in [-0.2, -0.15) is 0 Å². The highest BCUT2D eigenvalue weighted by Gasteiger charge is 2.19. The van der Waals surface area contributed by atoms with Gasteiger partial charge in [0.15, 0.2) is 0 Å². The van der Waals surface area contributed by atoms with Gasteiger partial charge in [-0.15, -0.1) is 0 Å². The molecule has 1 aromatic rings. The Morgan fingerprint density at radius 1 is 1.26 bits per heavy atom. The predicted octanol–water partition coefficient (Wildman–Crippen LogP) is 3.30. The smallest absolute Gasteiger partial charge is 0.120 e. The van der Waals surface area contributed by atoms with Crippen LogP contribution in [0.2, 0.25) is 0 Å². The van der Waals surface area contributed by atoms with Gasteiger partial charge in [0.25, 0.3) is 0 Å². The number of aliphatic hydroxyl groups excluding tert-OH is 1. The van der Waals surface area contributed by atoms with Crippen LogP contribution in [0.5, 0.6) is 5.75 Å². The Morgan fingerprint density at radius 3 is 2.63 bits per heavy atom. The molecule has 0 atom stereocenters. The Morgan fingerprint density at radius 2 is 2.00 bits per heavy atom. The molecule has 0 bridgehead atoms. The van der Waals surface area contributed by atoms with E-state index in [9.17, 15) is 0 Å². The van der Waals surface area contributed by atoms with Gasteiger partial charge in [-0.05, 0) is 62.3 Å². The monoisotopic (exact) mass is 258 g/mol. The number of rotatable bonds is 2. The number of hydrogen-bond acceptors (Lipinski definition) is 2. The van der Waals surface area contributed by atoms with Gasteiger partial charge in [0.2, 0.25) is 0 Å². The van der Waals surface area contributed by atoms with Gasteiger partial charge in [-0.3, -0.25) is 0 Å². The highest BCUT2D eigenvalue weighted by molar-refractivity contribution is 5.44. The fraction of sp³-hybridized carbons (Fsp3) is 0.529. The zero-order chi connectivity index (χ0) is 13.7. The summed E-state index contributed by atoms with van der Waals surface area (Å²) in [5.41, 5.74) is 2.06. The van der Waals surface area contributed by atoms with Crippen LogP contribution in [-0.2, 0) is 0 Å². The fourth-order valence-electron chi connectivity index (χ4n) is 2.52. The topological polar surface area (TPSA) is 29.5 Å². The quantitative estimate of drug-likeness (QED) is 0.825. The Kier molecular flexibility index (Phi) is 4.87. The van der Waals surface area contributed by atoms with Crippen molar-refractivity contribution in [1.82, 2.24) is 0 Å². The number of hydrogen-bond donors (Lipinski definition) is 1. The molecule has 0 aromatic heterocycles. The molecule has 0 spiro atoms. The highest BCUT2D eigenvalue weighted by atomic mass is 16.5. The van der Waals surface area contributed by atoms with E-state index < -0.39 is 0 Å². The summed E-state index contributed by atoms with van der Waals surface area (Å²) in [5, 5.41) is 8.71. The Hall–Kier alpha value is -1.46. The van der Waals surface area contributed by atoms with Crippen molar-refractivity contribution in [3.8, 4) is 17.6 Å². The van der Waals surface area contributed by atoms with E-state index >= 15 is 0 Å². The maximum Gasteiger partial charge on any atom is 0.120 e. The van der Waals surface area contributed by atoms with Crippen molar-refractivity contribution in [3.05, 3.63) is 29.3 Å². The maximum absolute atomic E-state index is 8.71. The first kappa shape index (κ1) is 14.0. The van der Waals surface area contributed by atoms with Crippen LogP contribution in [-0.4, -0.2) is 17.8 Å². The normalized spacial score (nSPS) is 22.5. The van der Waals surface area contributed by atoms with Gasteiger partial charge in [0.1, 0.15) is 12.4 Å². The van der Waals surface area contributed by atoms with E-state index in [0.29, 0.717) is 6.10 Å². The van der Waals surface area contributed by atoms with E-state index in [-0.39, 0.29) is 6.61 Å². The molecule has 1 fully saturated rings. The summed E-state index contributed by atoms with van der Waals surface area (Å²) in [4.78, 5) is 0. The molecule has 0 amide bonds. The SMILES string of the molecule is Cc1cc(OC2CCC(C)CC2)ccc1C#CCO. The molecular weight excluding hydrogens is 236 g/mol. The van der Waals surface area contributed by atoms with Crippen molar-refractivity contribution >= 4 is 0 Å². The van der Waals surface area contributed by atoms with Crippen LogP contribution in [0.3, 0.4) is 0 Å². The Labute approximate surface area is 115 Å². The lowest BCUT2D eigenvalue weighted by molar-refractivity contribution is 0.135. The molecule has 2 heteroatoms. The summed E-state index contributed by atoms with van der Waals surface area (Å²) in [7, 11) is 0. The second-order valence-corrected chi connectivity index (χ2v) is 5.44. The molecule has 19 heavy (non-hydrogen) atoms. The third-order valence-electron chi connectivity index (χ3n) is 3.77. The zero-order valence-corrected chi connectivity index (χ0v) is 11.8. The number of benzene rings is 1. The van der Waals surface area contributed by atoms with Crippen molar-refractivity contribution in [2.75, 3.05) is 6.61 Å². The van der Waals surface area contributed by atoms with Crippen LogP contribution in [0.25, 0.3) is 0 Å². The lowest BCUT2D eigenvalue weighted by atomic mass is 9.89. The zero-order valence-electron chi connectivity index (χ0n) is 11.8. The lowest BCUT2D eigenvalue weighted by Gasteiger charge is -2.27. The van der Waals surface area contributed by atoms with Crippen LogP contribution < -0.4 is 4.74 Å². The minimum Gasteiger partial charge on any atom is -0.490 e. The first-order valence-corrected chi connectivity index (χ1v) is 7.06. The van der Waals surface area contributed by atoms with E-state index in [0.717, 1.165) is 35.6 Å². The first-order chi connectivity index (χ1) is 9.19. The van der Waals surface area contributed by atoms with Gasteiger partial charge >= 0.3 is 0 Å². The molecule has 1 aliphatic rings. The van der Waals surface area contributed by atoms with Crippen LogP contribution in [0.4, 0.5) is 0 Å². The highest BCUT2D eigenvalue weighted by Crippen LogP contribution is 2.27. The third kappa shape index (κ3) is 4.01. The van der Waals surface area contributed by atoms with E-state index in [4.69, 9.17) is 9.84 Å². The summed E-state index contributed by atoms with van der Waals surface area (Å²) in [6.07, 6.45) is 5.22. The molecule has 2 nitrogen and oxygen atoms in total. The summed E-state index contributed by atoms with van der Waals surface area (Å²) in [6, 6.07) is 5.99. The van der Waals surface area contributed by atoms with E-state index in [1.807, 2.05) is 25.1 Å². The minimum absolute atomic E-state index is 0.0993. The lowest BCUT2D eigenvalue weighted by Crippen LogP contribution is -2.23. The fourth-order valence-corrected chi connectivity index (χ4v) is 2.52. The molecule has 0 heterocycles. The average molecular weight is 258 g/mol. The van der Waals surface area contributed by atoms with Crippen molar-refractivity contribution in [3.63, 3.8) is 0 Å². The predicted molar refractivity (Wildman–Crippen MR) is 77.2 cm³/mol. The van der Waals surface area contributed by atoms with Crippen molar-refractivity contribution in [1.29, 1.82) is 0 Å². The average Bonchev–Trinajstić information content (AvgIpc) is 2.41. The van der Waals surface area contributed by atoms with Gasteiger partial charge in [0.05, 0.1) is 6.10 Å². The molecular formula is C17H22O2. The van der Waals surface area contributed by atoms with Gasteiger partial charge in [-0.25, -0.2) is 0 Å². The molecule has 0 aliphatic heterocycles. The van der Waals surface area contributed by atoms with Crippen molar-refractivity contribution < 1.29 is 9.84 Å². The minimum atomic E-state index is -0.0993. The van der Waals surface area contributed by atoms with Gasteiger partial charge in [0, 0.05) is 5.56 Å². The number of ether oxygens (including phenoxy) is 1. The number of aliphatic hydroxyl groups is 1. The Bertz CT molecular complexity index is 474. The van der Waals surface area contributed by atoms with Gasteiger partial charge in [-0.1, -0.05) is 18.8 Å². The number of aryl methyl sites for hydroxylation is 1. The van der Waals surface area contributed by atoms with Gasteiger partial charge < -0.3 is 9.84 Å². The van der Waals surface area contributed by atoms with E-state index in [1.54, 1.807) is 0 Å². The first-order valence-electron chi connectivity index (χ1n) is 7.06. The molecule has 2 rings (SSSR count). The maximum atomic E-state index is 8.71. The molecule has 0 unspecified atom stereocenters. The van der Waals surface area contributed by atoms with Crippen LogP contribution in [0, 0.1) is 24.7 Å². The van der Waals surface area contributed by atoms with E-state index in [1.165, 1.54) is 12.8 Å². The summed E-state index contributed by atoms with van der Waals surface area (Å²) in [5.74, 6) is 7.40. The van der Waals surface area contributed by atoms with E-state index in [2.05, 4.69) is 18.8 Å². The van der Waals surface area contributed by atoms with Crippen LogP contribution in [0.15, 0.2) is 18.2 Å². The molecule has 102 valence electrons. The third-order valence-corrected chi connectivity index (χ3v) is 3.77. The van der Waals surface area contributed by atoms with Crippen molar-refractivity contribution in [2.24, 2.45) is 5.92 Å². The Balaban J connectivity index is 2.00. The molecule has 1 aromatic carbocycles. The summed E-state index contributed by atoms with van der Waals surface area (Å²) >= 11 is 0. The molecule has 0 saturated heterocycles. The summed E-state index contributed by atoms with van der Waals surface area (Å²) in [6.45, 7) is 4.24. The molecule has 1 saturated carbocycles. The standard InChI is InChI=1S/C17H22O2/c1-13-5-8-16(9-6-13)19-17-10-7-15(4-3-11-18)14(2)12-17/h7,10,12-13,16,18H,5-6,8-9,11H2,1-2H3. The summed E-state index contributed by atoms with van der Waals surface area (Å²) < 4.78 is 6.05. The second-order valence-electron chi connectivity index (χ2n) is 5.44. The van der Waals surface area contributed by atoms with Crippen LogP contribution in [0.1, 0.15) is 43.7 Å². The molecule has 1 N–H and O–H groups in total. The van der Waals surface area contributed by atoms with Crippen molar-refractivity contribution in [2.45, 2.75) is 45.6 Å². The second kappa shape index (κ2) is 6.63. The molecule has 0 radical (unpaired) electrons. The van der Waals surface area contributed by atoms with Crippen LogP contribution >= 0.6 is 0 Å². The molecule has 1 aliphatic carbocycles.